The van der Waals surface area contributed by atoms with Gasteiger partial charge in [0, 0.05) is 19.5 Å². The fourth-order valence-electron chi connectivity index (χ4n) is 2.80. The average molecular weight is 347 g/mol. The van der Waals surface area contributed by atoms with Gasteiger partial charge in [-0.25, -0.2) is 0 Å². The van der Waals surface area contributed by atoms with E-state index in [1.807, 2.05) is 36.1 Å². The van der Waals surface area contributed by atoms with E-state index in [2.05, 4.69) is 9.59 Å². The van der Waals surface area contributed by atoms with Gasteiger partial charge < -0.3 is 14.4 Å². The quantitative estimate of drug-likeness (QED) is 0.830. The van der Waals surface area contributed by atoms with Crippen molar-refractivity contribution in [3.8, 4) is 5.75 Å². The largest absolute Gasteiger partial charge is 0.497 e. The standard InChI is InChI=1S/C17H21N3O3S/c1-3-15-16(24-19-18-15)17(21)20-8-9-23-14(11-20)10-12-4-6-13(22-2)7-5-12/h4-7,14H,3,8-11H2,1-2H3. The topological polar surface area (TPSA) is 64.6 Å². The third kappa shape index (κ3) is 3.73. The number of methoxy groups -OCH3 is 1. The molecule has 0 radical (unpaired) electrons. The van der Waals surface area contributed by atoms with Crippen molar-refractivity contribution >= 4 is 17.4 Å². The summed E-state index contributed by atoms with van der Waals surface area (Å²) < 4.78 is 14.9. The van der Waals surface area contributed by atoms with Gasteiger partial charge in [-0.05, 0) is 35.6 Å². The van der Waals surface area contributed by atoms with Crippen LogP contribution in [0.5, 0.6) is 5.75 Å². The summed E-state index contributed by atoms with van der Waals surface area (Å²) in [6.45, 7) is 3.74. The van der Waals surface area contributed by atoms with Gasteiger partial charge in [0.2, 0.25) is 0 Å². The minimum absolute atomic E-state index is 0.00190. The van der Waals surface area contributed by atoms with Crippen LogP contribution in [0.25, 0.3) is 0 Å². The third-order valence-corrected chi connectivity index (χ3v) is 4.89. The van der Waals surface area contributed by atoms with Gasteiger partial charge in [0.25, 0.3) is 5.91 Å². The maximum atomic E-state index is 12.7. The predicted molar refractivity (Wildman–Crippen MR) is 91.6 cm³/mol. The molecule has 0 spiro atoms. The van der Waals surface area contributed by atoms with E-state index in [-0.39, 0.29) is 12.0 Å². The zero-order chi connectivity index (χ0) is 16.9. The van der Waals surface area contributed by atoms with Crippen LogP contribution in [-0.2, 0) is 17.6 Å². The molecule has 2 aromatic rings. The van der Waals surface area contributed by atoms with E-state index in [0.29, 0.717) is 24.6 Å². The molecule has 3 rings (SSSR count). The van der Waals surface area contributed by atoms with Gasteiger partial charge in [0.05, 0.1) is 25.5 Å². The maximum absolute atomic E-state index is 12.7. The van der Waals surface area contributed by atoms with Crippen LogP contribution in [0, 0.1) is 0 Å². The molecular weight excluding hydrogens is 326 g/mol. The number of hydrogen-bond acceptors (Lipinski definition) is 6. The van der Waals surface area contributed by atoms with Gasteiger partial charge in [0.1, 0.15) is 10.6 Å². The van der Waals surface area contributed by atoms with Crippen molar-refractivity contribution in [1.82, 2.24) is 14.5 Å². The Morgan fingerprint density at radius 1 is 1.42 bits per heavy atom. The Balaban J connectivity index is 1.64. The van der Waals surface area contributed by atoms with E-state index >= 15 is 0 Å². The van der Waals surface area contributed by atoms with Crippen LogP contribution >= 0.6 is 11.5 Å². The third-order valence-electron chi connectivity index (χ3n) is 4.13. The molecule has 1 unspecified atom stereocenters. The Morgan fingerprint density at radius 3 is 2.92 bits per heavy atom. The zero-order valence-corrected chi connectivity index (χ0v) is 14.7. The molecule has 6 nitrogen and oxygen atoms in total. The number of aromatic nitrogens is 2. The molecule has 1 amide bonds. The Morgan fingerprint density at radius 2 is 2.21 bits per heavy atom. The van der Waals surface area contributed by atoms with Crippen LogP contribution in [-0.4, -0.2) is 53.3 Å². The second-order valence-electron chi connectivity index (χ2n) is 5.70. The molecule has 7 heteroatoms. The van der Waals surface area contributed by atoms with Gasteiger partial charge in [-0.2, -0.15) is 0 Å². The molecule has 0 aliphatic carbocycles. The number of rotatable bonds is 5. The number of nitrogens with zero attached hydrogens (tertiary/aromatic N) is 3. The lowest BCUT2D eigenvalue weighted by Gasteiger charge is -2.32. The lowest BCUT2D eigenvalue weighted by Crippen LogP contribution is -2.46. The highest BCUT2D eigenvalue weighted by Gasteiger charge is 2.28. The molecule has 1 aromatic carbocycles. The van der Waals surface area contributed by atoms with Crippen molar-refractivity contribution < 1.29 is 14.3 Å². The maximum Gasteiger partial charge on any atom is 0.267 e. The van der Waals surface area contributed by atoms with Crippen molar-refractivity contribution in [2.75, 3.05) is 26.8 Å². The van der Waals surface area contributed by atoms with E-state index < -0.39 is 0 Å². The molecule has 1 atom stereocenters. The summed E-state index contributed by atoms with van der Waals surface area (Å²) in [5, 5.41) is 4.03. The minimum atomic E-state index is 0.00190. The first-order valence-corrected chi connectivity index (χ1v) is 8.83. The lowest BCUT2D eigenvalue weighted by atomic mass is 10.1. The number of carbonyl (C=O) groups is 1. The van der Waals surface area contributed by atoms with Gasteiger partial charge in [-0.15, -0.1) is 5.10 Å². The summed E-state index contributed by atoms with van der Waals surface area (Å²) in [6, 6.07) is 7.95. The molecular formula is C17H21N3O3S. The van der Waals surface area contributed by atoms with Crippen molar-refractivity contribution in [2.45, 2.75) is 25.9 Å². The van der Waals surface area contributed by atoms with E-state index in [0.717, 1.165) is 24.3 Å². The summed E-state index contributed by atoms with van der Waals surface area (Å²) in [5.74, 6) is 0.856. The molecule has 128 valence electrons. The van der Waals surface area contributed by atoms with E-state index in [4.69, 9.17) is 9.47 Å². The van der Waals surface area contributed by atoms with Crippen LogP contribution < -0.4 is 4.74 Å². The highest BCUT2D eigenvalue weighted by atomic mass is 32.1. The first kappa shape index (κ1) is 16.9. The van der Waals surface area contributed by atoms with Crippen LogP contribution in [0.15, 0.2) is 24.3 Å². The zero-order valence-electron chi connectivity index (χ0n) is 13.9. The smallest absolute Gasteiger partial charge is 0.267 e. The lowest BCUT2D eigenvalue weighted by molar-refractivity contribution is -0.0207. The molecule has 1 fully saturated rings. The van der Waals surface area contributed by atoms with Crippen LogP contribution in [0.2, 0.25) is 0 Å². The van der Waals surface area contributed by atoms with E-state index in [1.165, 1.54) is 17.1 Å². The van der Waals surface area contributed by atoms with Crippen LogP contribution in [0.1, 0.15) is 27.9 Å². The Kier molecular flexibility index (Phi) is 5.42. The van der Waals surface area contributed by atoms with Crippen molar-refractivity contribution in [1.29, 1.82) is 0 Å². The normalized spacial score (nSPS) is 17.8. The fraction of sp³-hybridized carbons (Fsp3) is 0.471. The second kappa shape index (κ2) is 7.72. The number of morpholine rings is 1. The van der Waals surface area contributed by atoms with Crippen LogP contribution in [0.3, 0.4) is 0 Å². The first-order valence-electron chi connectivity index (χ1n) is 8.06. The van der Waals surface area contributed by atoms with Gasteiger partial charge in [-0.1, -0.05) is 23.5 Å². The van der Waals surface area contributed by atoms with Crippen molar-refractivity contribution in [2.24, 2.45) is 0 Å². The molecule has 24 heavy (non-hydrogen) atoms. The summed E-state index contributed by atoms with van der Waals surface area (Å²) in [6.07, 6.45) is 1.49. The van der Waals surface area contributed by atoms with Gasteiger partial charge >= 0.3 is 0 Å². The van der Waals surface area contributed by atoms with Crippen LogP contribution in [0.4, 0.5) is 0 Å². The Hall–Kier alpha value is -1.99. The average Bonchev–Trinajstić information content (AvgIpc) is 3.10. The van der Waals surface area contributed by atoms with Gasteiger partial charge in [-0.3, -0.25) is 4.79 Å². The Labute approximate surface area is 145 Å². The number of carbonyl (C=O) groups excluding carboxylic acids is 1. The van der Waals surface area contributed by atoms with Gasteiger partial charge in [0.15, 0.2) is 0 Å². The second-order valence-corrected chi connectivity index (χ2v) is 6.45. The molecule has 1 aliphatic heterocycles. The van der Waals surface area contributed by atoms with E-state index in [9.17, 15) is 4.79 Å². The predicted octanol–water partition coefficient (Wildman–Crippen LogP) is 2.19. The molecule has 1 saturated heterocycles. The number of aryl methyl sites for hydroxylation is 1. The highest BCUT2D eigenvalue weighted by Crippen LogP contribution is 2.19. The van der Waals surface area contributed by atoms with Crippen molar-refractivity contribution in [3.63, 3.8) is 0 Å². The Bertz CT molecular complexity index is 687. The molecule has 2 heterocycles. The summed E-state index contributed by atoms with van der Waals surface area (Å²) in [4.78, 5) is 15.2. The molecule has 0 saturated carbocycles. The summed E-state index contributed by atoms with van der Waals surface area (Å²) in [5.41, 5.74) is 1.95. The number of ether oxygens (including phenoxy) is 2. The number of benzene rings is 1. The minimum Gasteiger partial charge on any atom is -0.497 e. The molecule has 0 bridgehead atoms. The summed E-state index contributed by atoms with van der Waals surface area (Å²) >= 11 is 1.18. The number of hydrogen-bond donors (Lipinski definition) is 0. The molecule has 1 aromatic heterocycles. The fourth-order valence-corrected chi connectivity index (χ4v) is 3.52. The van der Waals surface area contributed by atoms with Crippen molar-refractivity contribution in [3.05, 3.63) is 40.4 Å². The summed E-state index contributed by atoms with van der Waals surface area (Å²) in [7, 11) is 1.65. The highest BCUT2D eigenvalue weighted by molar-refractivity contribution is 7.08. The SMILES string of the molecule is CCc1nnsc1C(=O)N1CCOC(Cc2ccc(OC)cc2)C1. The number of amides is 1. The first-order chi connectivity index (χ1) is 11.7. The van der Waals surface area contributed by atoms with E-state index in [1.54, 1.807) is 7.11 Å². The monoisotopic (exact) mass is 347 g/mol. The molecule has 1 aliphatic rings. The molecule has 0 N–H and O–H groups in total.